The van der Waals surface area contributed by atoms with Crippen molar-refractivity contribution in [2.24, 2.45) is 0 Å². The van der Waals surface area contributed by atoms with E-state index in [0.717, 1.165) is 4.90 Å². The highest BCUT2D eigenvalue weighted by atomic mass is 32.2. The lowest BCUT2D eigenvalue weighted by Gasteiger charge is -2.10. The van der Waals surface area contributed by atoms with Crippen LogP contribution in [0.25, 0.3) is 0 Å². The van der Waals surface area contributed by atoms with Crippen LogP contribution in [0.4, 0.5) is 5.69 Å². The van der Waals surface area contributed by atoms with E-state index in [9.17, 15) is 18.0 Å². The van der Waals surface area contributed by atoms with E-state index in [1.54, 1.807) is 6.07 Å². The molecule has 2 N–H and O–H groups in total. The van der Waals surface area contributed by atoms with Gasteiger partial charge in [-0.25, -0.2) is 8.42 Å². The molecule has 0 aromatic heterocycles. The van der Waals surface area contributed by atoms with Gasteiger partial charge in [-0.3, -0.25) is 9.59 Å². The molecule has 1 aliphatic heterocycles. The Kier molecular flexibility index (Phi) is 6.86. The third-order valence-corrected chi connectivity index (χ3v) is 6.50. The number of sulfone groups is 1. The van der Waals surface area contributed by atoms with E-state index in [0.29, 0.717) is 25.3 Å². The van der Waals surface area contributed by atoms with Crippen molar-refractivity contribution in [3.05, 3.63) is 18.2 Å². The number of hydrogen-bond acceptors (Lipinski definition) is 6. The minimum Gasteiger partial charge on any atom is -0.383 e. The Morgan fingerprint density at radius 3 is 2.92 bits per heavy atom. The molecule has 0 bridgehead atoms. The highest BCUT2D eigenvalue weighted by Gasteiger charge is 2.22. The first-order chi connectivity index (χ1) is 11.8. The van der Waals surface area contributed by atoms with Gasteiger partial charge in [0.1, 0.15) is 0 Å². The fourth-order valence-corrected chi connectivity index (χ4v) is 4.66. The number of anilines is 1. The van der Waals surface area contributed by atoms with Crippen LogP contribution in [0, 0.1) is 0 Å². The monoisotopic (exact) mass is 386 g/mol. The van der Waals surface area contributed by atoms with Gasteiger partial charge in [-0.15, -0.1) is 11.8 Å². The smallest absolute Gasteiger partial charge is 0.225 e. The molecular formula is C16H22N2O5S2. The van der Waals surface area contributed by atoms with Gasteiger partial charge in [0.05, 0.1) is 22.9 Å². The number of nitrogens with one attached hydrogen (secondary N) is 2. The molecule has 25 heavy (non-hydrogen) atoms. The number of fused-ring (bicyclic) bond motifs is 1. The summed E-state index contributed by atoms with van der Waals surface area (Å²) < 4.78 is 29.7. The van der Waals surface area contributed by atoms with E-state index < -0.39 is 9.84 Å². The molecule has 7 nitrogen and oxygen atoms in total. The number of benzene rings is 1. The maximum atomic E-state index is 12.5. The Morgan fingerprint density at radius 1 is 1.44 bits per heavy atom. The number of hydrogen-bond donors (Lipinski definition) is 2. The molecule has 9 heteroatoms. The third kappa shape index (κ3) is 5.72. The SMILES string of the molecule is COCCNC(=O)CCS(=O)(=O)c1ccc2c(c1)NC(=O)CC(C)S2. The molecule has 0 aliphatic carbocycles. The first kappa shape index (κ1) is 19.7. The third-order valence-electron chi connectivity index (χ3n) is 3.61. The Labute approximate surface area is 151 Å². The summed E-state index contributed by atoms with van der Waals surface area (Å²) in [7, 11) is -2.09. The van der Waals surface area contributed by atoms with Crippen molar-refractivity contribution in [3.8, 4) is 0 Å². The Morgan fingerprint density at radius 2 is 2.20 bits per heavy atom. The quantitative estimate of drug-likeness (QED) is 0.688. The molecule has 138 valence electrons. The predicted molar refractivity (Wildman–Crippen MR) is 96.6 cm³/mol. The fraction of sp³-hybridized carbons (Fsp3) is 0.500. The minimum atomic E-state index is -3.61. The minimum absolute atomic E-state index is 0.103. The van der Waals surface area contributed by atoms with E-state index in [-0.39, 0.29) is 34.1 Å². The molecule has 0 saturated carbocycles. The van der Waals surface area contributed by atoms with Gasteiger partial charge in [-0.05, 0) is 18.2 Å². The normalized spacial score (nSPS) is 17.4. The largest absolute Gasteiger partial charge is 0.383 e. The maximum absolute atomic E-state index is 12.5. The number of rotatable bonds is 7. The van der Waals surface area contributed by atoms with E-state index in [1.807, 2.05) is 6.92 Å². The highest BCUT2D eigenvalue weighted by Crippen LogP contribution is 2.36. The van der Waals surface area contributed by atoms with E-state index in [4.69, 9.17) is 4.74 Å². The van der Waals surface area contributed by atoms with Crippen LogP contribution in [0.5, 0.6) is 0 Å². The zero-order chi connectivity index (χ0) is 18.4. The molecule has 0 fully saturated rings. The van der Waals surface area contributed by atoms with Crippen LogP contribution >= 0.6 is 11.8 Å². The zero-order valence-corrected chi connectivity index (χ0v) is 15.8. The molecular weight excluding hydrogens is 364 g/mol. The van der Waals surface area contributed by atoms with Gasteiger partial charge in [-0.1, -0.05) is 6.92 Å². The summed E-state index contributed by atoms with van der Waals surface area (Å²) in [5.74, 6) is -0.763. The lowest BCUT2D eigenvalue weighted by molar-refractivity contribution is -0.121. The number of ether oxygens (including phenoxy) is 1. The number of carbonyl (C=O) groups is 2. The van der Waals surface area contributed by atoms with Crippen molar-refractivity contribution < 1.29 is 22.7 Å². The summed E-state index contributed by atoms with van der Waals surface area (Å²) in [5, 5.41) is 5.46. The maximum Gasteiger partial charge on any atom is 0.225 e. The first-order valence-electron chi connectivity index (χ1n) is 7.91. The van der Waals surface area contributed by atoms with Gasteiger partial charge in [0.2, 0.25) is 11.8 Å². The zero-order valence-electron chi connectivity index (χ0n) is 14.2. The Hall–Kier alpha value is -1.58. The fourth-order valence-electron chi connectivity index (χ4n) is 2.35. The lowest BCUT2D eigenvalue weighted by Crippen LogP contribution is -2.28. The molecule has 0 spiro atoms. The molecule has 1 unspecified atom stereocenters. The Balaban J connectivity index is 2.07. The summed E-state index contributed by atoms with van der Waals surface area (Å²) in [4.78, 5) is 24.4. The average molecular weight is 386 g/mol. The van der Waals surface area contributed by atoms with Gasteiger partial charge < -0.3 is 15.4 Å². The van der Waals surface area contributed by atoms with Crippen LogP contribution in [-0.4, -0.2) is 51.5 Å². The lowest BCUT2D eigenvalue weighted by atomic mass is 10.3. The summed E-state index contributed by atoms with van der Waals surface area (Å²) in [6.45, 7) is 2.67. The van der Waals surface area contributed by atoms with E-state index in [1.165, 1.54) is 31.0 Å². The van der Waals surface area contributed by atoms with Crippen molar-refractivity contribution >= 4 is 39.1 Å². The molecule has 1 aromatic carbocycles. The van der Waals surface area contributed by atoms with E-state index >= 15 is 0 Å². The topological polar surface area (TPSA) is 102 Å². The number of methoxy groups -OCH3 is 1. The summed E-state index contributed by atoms with van der Waals surface area (Å²) >= 11 is 1.53. The van der Waals surface area contributed by atoms with Crippen LogP contribution in [0.3, 0.4) is 0 Å². The summed E-state index contributed by atoms with van der Waals surface area (Å²) in [6, 6.07) is 4.69. The van der Waals surface area contributed by atoms with Gasteiger partial charge in [0.15, 0.2) is 9.84 Å². The average Bonchev–Trinajstić information content (AvgIpc) is 2.68. The molecule has 2 rings (SSSR count). The van der Waals surface area contributed by atoms with Crippen LogP contribution in [0.1, 0.15) is 19.8 Å². The predicted octanol–water partition coefficient (Wildman–Crippen LogP) is 1.44. The molecule has 0 saturated heterocycles. The summed E-state index contributed by atoms with van der Waals surface area (Å²) in [6.07, 6.45) is 0.254. The first-order valence-corrected chi connectivity index (χ1v) is 10.4. The van der Waals surface area contributed by atoms with Crippen molar-refractivity contribution in [2.45, 2.75) is 34.8 Å². The van der Waals surface area contributed by atoms with Crippen LogP contribution < -0.4 is 10.6 Å². The van der Waals surface area contributed by atoms with Gasteiger partial charge >= 0.3 is 0 Å². The van der Waals surface area contributed by atoms with Crippen LogP contribution in [0.15, 0.2) is 28.0 Å². The van der Waals surface area contributed by atoms with Gasteiger partial charge in [-0.2, -0.15) is 0 Å². The second-order valence-electron chi connectivity index (χ2n) is 5.75. The summed E-state index contributed by atoms with van der Waals surface area (Å²) in [5.41, 5.74) is 0.505. The molecule has 0 radical (unpaired) electrons. The van der Waals surface area contributed by atoms with Crippen molar-refractivity contribution in [1.82, 2.24) is 5.32 Å². The molecule has 2 amide bonds. The Bertz CT molecular complexity index is 749. The molecule has 1 heterocycles. The standard InChI is InChI=1S/C16H22N2O5S2/c1-11-9-16(20)18-13-10-12(3-4-14(13)24-11)25(21,22)8-5-15(19)17-6-7-23-2/h3-4,10-11H,5-9H2,1-2H3,(H,17,19)(H,18,20). The second kappa shape index (κ2) is 8.68. The number of amides is 2. The molecule has 1 atom stereocenters. The van der Waals surface area contributed by atoms with Gasteiger partial charge in [0.25, 0.3) is 0 Å². The van der Waals surface area contributed by atoms with Crippen LogP contribution in [0.2, 0.25) is 0 Å². The van der Waals surface area contributed by atoms with Gasteiger partial charge in [0, 0.05) is 36.6 Å². The van der Waals surface area contributed by atoms with Crippen molar-refractivity contribution in [2.75, 3.05) is 31.3 Å². The number of thioether (sulfide) groups is 1. The van der Waals surface area contributed by atoms with Crippen LogP contribution in [-0.2, 0) is 24.2 Å². The van der Waals surface area contributed by atoms with Crippen molar-refractivity contribution in [3.63, 3.8) is 0 Å². The highest BCUT2D eigenvalue weighted by molar-refractivity contribution is 8.00. The number of carbonyl (C=O) groups excluding carboxylic acids is 2. The van der Waals surface area contributed by atoms with Crippen molar-refractivity contribution in [1.29, 1.82) is 0 Å². The van der Waals surface area contributed by atoms with E-state index in [2.05, 4.69) is 10.6 Å². The second-order valence-corrected chi connectivity index (χ2v) is 9.34. The molecule has 1 aliphatic rings. The molecule has 1 aromatic rings.